The number of amides is 1. The fourth-order valence-corrected chi connectivity index (χ4v) is 2.38. The number of aryl methyl sites for hydroxylation is 1. The van der Waals surface area contributed by atoms with E-state index in [0.717, 1.165) is 19.1 Å². The molecule has 0 atom stereocenters. The maximum atomic E-state index is 13.2. The molecule has 152 valence electrons. The van der Waals surface area contributed by atoms with Crippen LogP contribution in [0.15, 0.2) is 35.4 Å². The van der Waals surface area contributed by atoms with Crippen molar-refractivity contribution < 1.29 is 30.8 Å². The molecule has 0 unspecified atom stereocenters. The molecule has 0 radical (unpaired) electrons. The van der Waals surface area contributed by atoms with Crippen molar-refractivity contribution in [3.8, 4) is 6.07 Å². The summed E-state index contributed by atoms with van der Waals surface area (Å²) in [5.74, 6) is -1.32. The molecule has 28 heavy (non-hydrogen) atoms. The molecule has 0 saturated carbocycles. The molecular formula is C16H16F4N4O3S. The highest BCUT2D eigenvalue weighted by atomic mass is 32.2. The predicted octanol–water partition coefficient (Wildman–Crippen LogP) is 2.89. The second-order valence-electron chi connectivity index (χ2n) is 5.45. The van der Waals surface area contributed by atoms with Gasteiger partial charge in [0.15, 0.2) is 0 Å². The monoisotopic (exact) mass is 420 g/mol. The van der Waals surface area contributed by atoms with E-state index in [1.165, 1.54) is 29.9 Å². The standard InChI is InChI=1S/C13H11FN4O3S.C3H5F3/c1-18-7-10(22(16,20)21)5-12(18)13(19)17-9-2-3-11(14)8(4-9)6-15;1-2-3(4,5)6/h2-5,7H,1H3,(H,17,19)(H2,16,20,21);2H2,1H3. The molecule has 0 fully saturated rings. The van der Waals surface area contributed by atoms with Gasteiger partial charge >= 0.3 is 6.18 Å². The normalized spacial score (nSPS) is 11.2. The highest BCUT2D eigenvalue weighted by Gasteiger charge is 2.22. The van der Waals surface area contributed by atoms with E-state index in [2.05, 4.69) is 5.32 Å². The number of rotatable bonds is 3. The quantitative estimate of drug-likeness (QED) is 0.742. The lowest BCUT2D eigenvalue weighted by molar-refractivity contribution is -0.130. The largest absolute Gasteiger partial charge is 0.388 e. The van der Waals surface area contributed by atoms with Gasteiger partial charge in [-0.2, -0.15) is 18.4 Å². The number of anilines is 1. The minimum atomic E-state index is -3.96. The van der Waals surface area contributed by atoms with Gasteiger partial charge in [-0.05, 0) is 24.3 Å². The third kappa shape index (κ3) is 6.67. The number of carbonyl (C=O) groups excluding carboxylic acids is 1. The van der Waals surface area contributed by atoms with Crippen LogP contribution < -0.4 is 10.5 Å². The van der Waals surface area contributed by atoms with Crippen LogP contribution >= 0.6 is 0 Å². The van der Waals surface area contributed by atoms with E-state index in [1.54, 1.807) is 6.07 Å². The number of sulfonamides is 1. The van der Waals surface area contributed by atoms with Gasteiger partial charge in [-0.25, -0.2) is 17.9 Å². The number of hydrogen-bond donors (Lipinski definition) is 2. The summed E-state index contributed by atoms with van der Waals surface area (Å²) in [4.78, 5) is 11.9. The Bertz CT molecular complexity index is 1010. The Morgan fingerprint density at radius 1 is 1.32 bits per heavy atom. The molecule has 12 heteroatoms. The Hall–Kier alpha value is -2.91. The van der Waals surface area contributed by atoms with E-state index in [4.69, 9.17) is 10.4 Å². The van der Waals surface area contributed by atoms with Gasteiger partial charge < -0.3 is 9.88 Å². The predicted molar refractivity (Wildman–Crippen MR) is 92.2 cm³/mol. The second-order valence-corrected chi connectivity index (χ2v) is 7.01. The number of halogens is 4. The van der Waals surface area contributed by atoms with E-state index < -0.39 is 34.3 Å². The first-order valence-corrected chi connectivity index (χ1v) is 9.10. The lowest BCUT2D eigenvalue weighted by atomic mass is 10.2. The number of nitrogens with zero attached hydrogens (tertiary/aromatic N) is 2. The highest BCUT2D eigenvalue weighted by molar-refractivity contribution is 7.89. The summed E-state index contributed by atoms with van der Waals surface area (Å²) in [6.45, 7) is 1.08. The van der Waals surface area contributed by atoms with Crippen LogP contribution in [0.3, 0.4) is 0 Å². The number of alkyl halides is 3. The van der Waals surface area contributed by atoms with Crippen LogP contribution in [-0.2, 0) is 17.1 Å². The van der Waals surface area contributed by atoms with Crippen LogP contribution in [0.1, 0.15) is 29.4 Å². The molecule has 2 aromatic rings. The average Bonchev–Trinajstić information content (AvgIpc) is 2.99. The summed E-state index contributed by atoms with van der Waals surface area (Å²) in [5.41, 5.74) is 0.0445. The van der Waals surface area contributed by atoms with E-state index in [-0.39, 0.29) is 21.8 Å². The molecule has 1 aromatic carbocycles. The Morgan fingerprint density at radius 3 is 2.32 bits per heavy atom. The molecule has 0 saturated heterocycles. The third-order valence-electron chi connectivity index (χ3n) is 3.29. The highest BCUT2D eigenvalue weighted by Crippen LogP contribution is 2.18. The van der Waals surface area contributed by atoms with Crippen molar-refractivity contribution in [1.29, 1.82) is 5.26 Å². The number of nitrogens with two attached hydrogens (primary N) is 1. The minimum absolute atomic E-state index is 0.0480. The molecule has 7 nitrogen and oxygen atoms in total. The molecule has 0 spiro atoms. The van der Waals surface area contributed by atoms with Crippen LogP contribution in [0.5, 0.6) is 0 Å². The van der Waals surface area contributed by atoms with Crippen LogP contribution in [0.4, 0.5) is 23.2 Å². The van der Waals surface area contributed by atoms with Gasteiger partial charge in [0.05, 0.1) is 5.56 Å². The summed E-state index contributed by atoms with van der Waals surface area (Å²) in [6, 6.07) is 6.30. The summed E-state index contributed by atoms with van der Waals surface area (Å²) in [5, 5.41) is 16.2. The van der Waals surface area contributed by atoms with Crippen molar-refractivity contribution in [2.45, 2.75) is 24.4 Å². The van der Waals surface area contributed by atoms with E-state index in [0.29, 0.717) is 0 Å². The SMILES string of the molecule is CCC(F)(F)F.Cn1cc(S(N)(=O)=O)cc1C(=O)Nc1ccc(F)c(C#N)c1. The summed E-state index contributed by atoms with van der Waals surface area (Å²) >= 11 is 0. The number of benzene rings is 1. The van der Waals surface area contributed by atoms with Crippen molar-refractivity contribution in [2.24, 2.45) is 12.2 Å². The fourth-order valence-electron chi connectivity index (χ4n) is 1.80. The average molecular weight is 420 g/mol. The maximum Gasteiger partial charge on any atom is 0.388 e. The third-order valence-corrected chi connectivity index (χ3v) is 4.17. The molecule has 0 aliphatic carbocycles. The Kier molecular flexibility index (Phi) is 7.31. The topological polar surface area (TPSA) is 118 Å². The number of aromatic nitrogens is 1. The molecule has 0 aliphatic rings. The van der Waals surface area contributed by atoms with Crippen LogP contribution in [0.25, 0.3) is 0 Å². The molecule has 0 aliphatic heterocycles. The first-order chi connectivity index (χ1) is 12.8. The fraction of sp³-hybridized carbons (Fsp3) is 0.250. The zero-order chi connectivity index (χ0) is 21.7. The molecule has 1 aromatic heterocycles. The van der Waals surface area contributed by atoms with Gasteiger partial charge in [-0.1, -0.05) is 6.92 Å². The van der Waals surface area contributed by atoms with E-state index in [1.807, 2.05) is 0 Å². The van der Waals surface area contributed by atoms with Crippen molar-refractivity contribution in [1.82, 2.24) is 4.57 Å². The molecule has 1 amide bonds. The van der Waals surface area contributed by atoms with E-state index in [9.17, 15) is 30.8 Å². The summed E-state index contributed by atoms with van der Waals surface area (Å²) in [7, 11) is -2.44. The zero-order valence-electron chi connectivity index (χ0n) is 14.7. The van der Waals surface area contributed by atoms with Gasteiger partial charge in [0.2, 0.25) is 10.0 Å². The van der Waals surface area contributed by atoms with Gasteiger partial charge in [0, 0.05) is 25.4 Å². The first-order valence-electron chi connectivity index (χ1n) is 7.55. The Labute approximate surface area is 158 Å². The minimum Gasteiger partial charge on any atom is -0.345 e. The van der Waals surface area contributed by atoms with Crippen molar-refractivity contribution in [2.75, 3.05) is 5.32 Å². The van der Waals surface area contributed by atoms with Crippen molar-refractivity contribution >= 4 is 21.6 Å². The van der Waals surface area contributed by atoms with E-state index >= 15 is 0 Å². The van der Waals surface area contributed by atoms with Crippen LogP contribution in [0, 0.1) is 17.1 Å². The first kappa shape index (κ1) is 23.1. The molecular weight excluding hydrogens is 404 g/mol. The number of carbonyl (C=O) groups is 1. The Balaban J connectivity index is 0.000000568. The summed E-state index contributed by atoms with van der Waals surface area (Å²) in [6.07, 6.45) is -3.48. The Morgan fingerprint density at radius 2 is 1.89 bits per heavy atom. The van der Waals surface area contributed by atoms with Crippen LogP contribution in [0.2, 0.25) is 0 Å². The smallest absolute Gasteiger partial charge is 0.345 e. The van der Waals surface area contributed by atoms with Gasteiger partial charge in [-0.15, -0.1) is 0 Å². The maximum absolute atomic E-state index is 13.2. The second kappa shape index (κ2) is 8.85. The number of nitrogens with one attached hydrogen (secondary N) is 1. The molecule has 3 N–H and O–H groups in total. The summed E-state index contributed by atoms with van der Waals surface area (Å²) < 4.78 is 69.4. The number of primary sulfonamides is 1. The lowest BCUT2D eigenvalue weighted by Gasteiger charge is -2.06. The molecule has 0 bridgehead atoms. The van der Waals surface area contributed by atoms with Gasteiger partial charge in [0.1, 0.15) is 22.5 Å². The number of hydrogen-bond acceptors (Lipinski definition) is 4. The molecule has 2 rings (SSSR count). The van der Waals surface area contributed by atoms with Gasteiger partial charge in [0.25, 0.3) is 5.91 Å². The van der Waals surface area contributed by atoms with Crippen molar-refractivity contribution in [3.05, 3.63) is 47.5 Å². The number of nitriles is 1. The zero-order valence-corrected chi connectivity index (χ0v) is 15.5. The van der Waals surface area contributed by atoms with Gasteiger partial charge in [-0.3, -0.25) is 4.79 Å². The van der Waals surface area contributed by atoms with Crippen LogP contribution in [-0.4, -0.2) is 25.1 Å². The lowest BCUT2D eigenvalue weighted by Crippen LogP contribution is -2.15. The molecule has 1 heterocycles. The van der Waals surface area contributed by atoms with Crippen molar-refractivity contribution in [3.63, 3.8) is 0 Å².